The van der Waals surface area contributed by atoms with Crippen molar-refractivity contribution < 1.29 is 0 Å². The van der Waals surface area contributed by atoms with Crippen LogP contribution in [0.15, 0.2) is 126 Å². The molecule has 196 valence electrons. The molecule has 4 aromatic rings. The van der Waals surface area contributed by atoms with E-state index >= 15 is 0 Å². The van der Waals surface area contributed by atoms with Gasteiger partial charge in [0.1, 0.15) is 0 Å². The van der Waals surface area contributed by atoms with Crippen LogP contribution in [0.4, 0.5) is 11.4 Å². The zero-order chi connectivity index (χ0) is 27.5. The summed E-state index contributed by atoms with van der Waals surface area (Å²) in [5.41, 5.74) is 13.1. The lowest BCUT2D eigenvalue weighted by Gasteiger charge is -2.33. The minimum Gasteiger partial charge on any atom is -0.259 e. The van der Waals surface area contributed by atoms with Gasteiger partial charge in [0.2, 0.25) is 0 Å². The quantitative estimate of drug-likeness (QED) is 0.227. The Morgan fingerprint density at radius 1 is 0.775 bits per heavy atom. The van der Waals surface area contributed by atoms with Crippen LogP contribution in [0, 0.1) is 5.92 Å². The average Bonchev–Trinajstić information content (AvgIpc) is 3.02. The molecule has 0 radical (unpaired) electrons. The van der Waals surface area contributed by atoms with Gasteiger partial charge in [0.15, 0.2) is 0 Å². The normalized spacial score (nSPS) is 18.5. The van der Waals surface area contributed by atoms with Crippen molar-refractivity contribution in [3.05, 3.63) is 138 Å². The first-order valence-electron chi connectivity index (χ1n) is 14.1. The molecule has 0 amide bonds. The first-order chi connectivity index (χ1) is 19.6. The zero-order valence-electron chi connectivity index (χ0n) is 23.2. The number of hydrogen-bond donors (Lipinski definition) is 0. The predicted molar refractivity (Wildman–Crippen MR) is 173 cm³/mol. The third-order valence-electron chi connectivity index (χ3n) is 8.07. The van der Waals surface area contributed by atoms with Crippen LogP contribution in [-0.4, -0.2) is 11.9 Å². The van der Waals surface area contributed by atoms with Crippen molar-refractivity contribution in [1.29, 1.82) is 0 Å². The summed E-state index contributed by atoms with van der Waals surface area (Å²) in [5, 5.41) is 0. The smallest absolute Gasteiger partial charge is 0.0957 e. The Bertz CT molecular complexity index is 1650. The summed E-state index contributed by atoms with van der Waals surface area (Å²) >= 11 is 0. The van der Waals surface area contributed by atoms with Crippen LogP contribution in [0.2, 0.25) is 0 Å². The van der Waals surface area contributed by atoms with Gasteiger partial charge in [-0.1, -0.05) is 122 Å². The topological polar surface area (TPSA) is 24.7 Å². The second-order valence-electron chi connectivity index (χ2n) is 10.7. The van der Waals surface area contributed by atoms with Gasteiger partial charge < -0.3 is 0 Å². The molecule has 2 atom stereocenters. The highest BCUT2D eigenvalue weighted by atomic mass is 14.8. The molecular weight excluding hydrogens is 484 g/mol. The van der Waals surface area contributed by atoms with E-state index in [1.165, 1.54) is 39.0 Å². The van der Waals surface area contributed by atoms with E-state index in [-0.39, 0.29) is 0 Å². The van der Waals surface area contributed by atoms with Gasteiger partial charge >= 0.3 is 0 Å². The van der Waals surface area contributed by atoms with E-state index < -0.39 is 0 Å². The molecule has 0 saturated carbocycles. The highest BCUT2D eigenvalue weighted by molar-refractivity contribution is 5.93. The summed E-state index contributed by atoms with van der Waals surface area (Å²) in [6, 6.07) is 34.8. The number of aliphatic imine (C=N–C) groups is 2. The number of nitrogens with zero attached hydrogens (tertiary/aromatic N) is 2. The fourth-order valence-corrected chi connectivity index (χ4v) is 6.12. The van der Waals surface area contributed by atoms with Crippen LogP contribution in [0.5, 0.6) is 0 Å². The van der Waals surface area contributed by atoms with Crippen molar-refractivity contribution in [2.75, 3.05) is 0 Å². The number of rotatable bonds is 6. The van der Waals surface area contributed by atoms with Crippen LogP contribution in [0.1, 0.15) is 54.9 Å². The molecule has 0 fully saturated rings. The molecule has 6 rings (SSSR count). The lowest BCUT2D eigenvalue weighted by atomic mass is 9.72. The van der Waals surface area contributed by atoms with Crippen molar-refractivity contribution in [1.82, 2.24) is 0 Å². The van der Waals surface area contributed by atoms with E-state index in [4.69, 9.17) is 9.98 Å². The Kier molecular flexibility index (Phi) is 7.25. The third-order valence-corrected chi connectivity index (χ3v) is 8.07. The standard InChI is InChI=1S/C38H34N2/c1-4-27-20-21-35-36(22-26(3)40-38(35)37(27)39-5-2)34-24-32(29-14-10-7-11-15-29)23-33(25-34)31-18-16-30(17-19-31)28-12-8-6-9-13-28/h4-21,23,25,34,36H,1,22,24H2,2-3H3/t34-,36?/m0/s1. The van der Waals surface area contributed by atoms with Gasteiger partial charge in [-0.3, -0.25) is 9.98 Å². The van der Waals surface area contributed by atoms with Gasteiger partial charge in [0.25, 0.3) is 0 Å². The number of hydrogen-bond acceptors (Lipinski definition) is 2. The van der Waals surface area contributed by atoms with Crippen LogP contribution in [0.3, 0.4) is 0 Å². The second-order valence-corrected chi connectivity index (χ2v) is 10.7. The highest BCUT2D eigenvalue weighted by Crippen LogP contribution is 2.49. The van der Waals surface area contributed by atoms with E-state index in [0.29, 0.717) is 11.8 Å². The maximum absolute atomic E-state index is 5.03. The minimum absolute atomic E-state index is 0.322. The van der Waals surface area contributed by atoms with E-state index in [9.17, 15) is 0 Å². The summed E-state index contributed by atoms with van der Waals surface area (Å²) in [7, 11) is 0. The summed E-state index contributed by atoms with van der Waals surface area (Å²) < 4.78 is 0. The van der Waals surface area contributed by atoms with E-state index in [1.54, 1.807) is 0 Å². The van der Waals surface area contributed by atoms with Gasteiger partial charge in [-0.15, -0.1) is 0 Å². The van der Waals surface area contributed by atoms with Crippen molar-refractivity contribution in [3.8, 4) is 11.1 Å². The summed E-state index contributed by atoms with van der Waals surface area (Å²) in [5.74, 6) is 0.657. The Labute approximate surface area is 237 Å². The molecule has 1 unspecified atom stereocenters. The molecule has 0 saturated heterocycles. The Morgan fingerprint density at radius 3 is 2.10 bits per heavy atom. The van der Waals surface area contributed by atoms with Crippen molar-refractivity contribution in [2.24, 2.45) is 15.9 Å². The number of benzene rings is 4. The van der Waals surface area contributed by atoms with Crippen molar-refractivity contribution in [2.45, 2.75) is 32.6 Å². The lowest BCUT2D eigenvalue weighted by molar-refractivity contribution is 0.524. The predicted octanol–water partition coefficient (Wildman–Crippen LogP) is 10.5. The average molecular weight is 519 g/mol. The molecular formula is C38H34N2. The molecule has 0 bridgehead atoms. The van der Waals surface area contributed by atoms with E-state index in [1.807, 2.05) is 19.2 Å². The fourth-order valence-electron chi connectivity index (χ4n) is 6.12. The third kappa shape index (κ3) is 5.05. The van der Waals surface area contributed by atoms with Gasteiger partial charge in [0, 0.05) is 17.5 Å². The fraction of sp³-hybridized carbons (Fsp3) is 0.158. The van der Waals surface area contributed by atoms with E-state index in [2.05, 4.69) is 123 Å². The van der Waals surface area contributed by atoms with E-state index in [0.717, 1.165) is 35.5 Å². The Balaban J connectivity index is 1.44. The molecule has 2 aliphatic rings. The monoisotopic (exact) mass is 518 g/mol. The van der Waals surface area contributed by atoms with Gasteiger partial charge in [-0.05, 0) is 77.5 Å². The van der Waals surface area contributed by atoms with Crippen molar-refractivity contribution in [3.63, 3.8) is 0 Å². The zero-order valence-corrected chi connectivity index (χ0v) is 23.2. The molecule has 0 N–H and O–H groups in total. The van der Waals surface area contributed by atoms with Gasteiger partial charge in [-0.25, -0.2) is 0 Å². The summed E-state index contributed by atoms with van der Waals surface area (Å²) in [6.45, 7) is 8.13. The maximum Gasteiger partial charge on any atom is 0.0957 e. The molecule has 2 heteroatoms. The molecule has 1 aliphatic heterocycles. The van der Waals surface area contributed by atoms with Crippen molar-refractivity contribution >= 4 is 40.5 Å². The van der Waals surface area contributed by atoms with Gasteiger partial charge in [-0.2, -0.15) is 0 Å². The number of allylic oxidation sites excluding steroid dienone is 4. The molecule has 1 aliphatic carbocycles. The highest BCUT2D eigenvalue weighted by Gasteiger charge is 2.32. The molecule has 0 aromatic heterocycles. The molecule has 0 spiro atoms. The molecule has 40 heavy (non-hydrogen) atoms. The maximum atomic E-state index is 5.03. The molecule has 1 heterocycles. The molecule has 4 aromatic carbocycles. The van der Waals surface area contributed by atoms with Crippen LogP contribution in [-0.2, 0) is 0 Å². The summed E-state index contributed by atoms with van der Waals surface area (Å²) in [6.07, 6.45) is 10.6. The Morgan fingerprint density at radius 2 is 1.43 bits per heavy atom. The Hall–Kier alpha value is -4.56. The lowest BCUT2D eigenvalue weighted by Crippen LogP contribution is -2.20. The van der Waals surface area contributed by atoms with Crippen LogP contribution < -0.4 is 0 Å². The minimum atomic E-state index is 0.322. The first kappa shape index (κ1) is 25.7. The SMILES string of the molecule is C=Cc1ccc2c(c1N=CC)N=C(C)CC2[C@@H]1C=C(c2ccc(-c3ccccc3)cc2)C=C(c2ccccc2)C1. The van der Waals surface area contributed by atoms with Crippen LogP contribution >= 0.6 is 0 Å². The van der Waals surface area contributed by atoms with Crippen LogP contribution in [0.25, 0.3) is 28.3 Å². The first-order valence-corrected chi connectivity index (χ1v) is 14.1. The van der Waals surface area contributed by atoms with Gasteiger partial charge in [0.05, 0.1) is 11.4 Å². The summed E-state index contributed by atoms with van der Waals surface area (Å²) in [4.78, 5) is 9.76. The number of fused-ring (bicyclic) bond motifs is 1. The largest absolute Gasteiger partial charge is 0.259 e. The molecule has 2 nitrogen and oxygen atoms in total. The second kappa shape index (κ2) is 11.3.